The van der Waals surface area contributed by atoms with Crippen molar-refractivity contribution in [1.29, 1.82) is 0 Å². The van der Waals surface area contributed by atoms with Crippen molar-refractivity contribution in [1.82, 2.24) is 16.0 Å². The molecule has 30 heavy (non-hydrogen) atoms. The van der Waals surface area contributed by atoms with Crippen LogP contribution in [0.25, 0.3) is 0 Å². The summed E-state index contributed by atoms with van der Waals surface area (Å²) in [7, 11) is 0. The van der Waals surface area contributed by atoms with Crippen LogP contribution in [-0.4, -0.2) is 23.9 Å². The van der Waals surface area contributed by atoms with Crippen LogP contribution in [0.2, 0.25) is 0 Å². The van der Waals surface area contributed by atoms with Crippen molar-refractivity contribution in [2.24, 2.45) is 11.7 Å². The lowest BCUT2D eigenvalue weighted by atomic mass is 10.0. The fourth-order valence-corrected chi connectivity index (χ4v) is 2.95. The van der Waals surface area contributed by atoms with Gasteiger partial charge < -0.3 is 21.7 Å². The Balaban J connectivity index is 1.92. The molecule has 0 saturated carbocycles. The largest absolute Gasteiger partial charge is 0.366 e. The van der Waals surface area contributed by atoms with Crippen LogP contribution in [0.4, 0.5) is 4.79 Å². The summed E-state index contributed by atoms with van der Waals surface area (Å²) in [5, 5.41) is 8.37. The van der Waals surface area contributed by atoms with E-state index < -0.39 is 18.0 Å². The lowest BCUT2D eigenvalue weighted by Crippen LogP contribution is -2.50. The zero-order valence-electron chi connectivity index (χ0n) is 17.7. The summed E-state index contributed by atoms with van der Waals surface area (Å²) >= 11 is 0. The van der Waals surface area contributed by atoms with Crippen molar-refractivity contribution in [3.05, 3.63) is 70.8 Å². The van der Waals surface area contributed by atoms with E-state index in [0.29, 0.717) is 18.5 Å². The summed E-state index contributed by atoms with van der Waals surface area (Å²) in [6.07, 6.45) is 0.505. The summed E-state index contributed by atoms with van der Waals surface area (Å²) in [6.45, 7) is 6.59. The van der Waals surface area contributed by atoms with E-state index in [1.165, 1.54) is 0 Å². The van der Waals surface area contributed by atoms with Crippen molar-refractivity contribution in [3.63, 3.8) is 0 Å². The minimum Gasteiger partial charge on any atom is -0.366 e. The molecule has 2 rings (SSSR count). The molecule has 4 amide bonds. The van der Waals surface area contributed by atoms with Crippen molar-refractivity contribution in [2.75, 3.05) is 0 Å². The molecule has 0 saturated heterocycles. The van der Waals surface area contributed by atoms with Crippen LogP contribution >= 0.6 is 0 Å². The quantitative estimate of drug-likeness (QED) is 0.509. The minimum atomic E-state index is -0.664. The number of hydrogen-bond acceptors (Lipinski definition) is 3. The number of hydrogen-bond donors (Lipinski definition) is 4. The van der Waals surface area contributed by atoms with Crippen LogP contribution < -0.4 is 21.7 Å². The first-order chi connectivity index (χ1) is 14.2. The van der Waals surface area contributed by atoms with Crippen LogP contribution in [0.15, 0.2) is 48.5 Å². The molecule has 0 spiro atoms. The summed E-state index contributed by atoms with van der Waals surface area (Å²) in [4.78, 5) is 36.3. The van der Waals surface area contributed by atoms with Crippen molar-refractivity contribution < 1.29 is 14.4 Å². The number of carbonyl (C=O) groups is 3. The Kier molecular flexibility index (Phi) is 8.41. The second kappa shape index (κ2) is 11.0. The first-order valence-electron chi connectivity index (χ1n) is 10.0. The van der Waals surface area contributed by atoms with Gasteiger partial charge in [0, 0.05) is 18.7 Å². The number of primary amides is 1. The highest BCUT2D eigenvalue weighted by Gasteiger charge is 2.21. The van der Waals surface area contributed by atoms with Gasteiger partial charge in [0.15, 0.2) is 0 Å². The molecular weight excluding hydrogens is 380 g/mol. The molecule has 2 aromatic rings. The first kappa shape index (κ1) is 22.9. The maximum absolute atomic E-state index is 12.7. The number of carbonyl (C=O) groups excluding carboxylic acids is 3. The lowest BCUT2D eigenvalue weighted by Gasteiger charge is -2.20. The first-order valence-corrected chi connectivity index (χ1v) is 10.0. The average Bonchev–Trinajstić information content (AvgIpc) is 2.71. The SMILES string of the molecule is Cc1ccc(CNC(=O)NC(CC(C)C)C(=O)NCc2cccc(C(N)=O)c2)cc1. The second-order valence-electron chi connectivity index (χ2n) is 7.78. The molecular formula is C23H30N4O3. The van der Waals surface area contributed by atoms with Gasteiger partial charge in [-0.25, -0.2) is 4.79 Å². The molecule has 0 bridgehead atoms. The molecule has 0 radical (unpaired) electrons. The van der Waals surface area contributed by atoms with E-state index in [9.17, 15) is 14.4 Å². The number of aryl methyl sites for hydroxylation is 1. The predicted molar refractivity (Wildman–Crippen MR) is 117 cm³/mol. The molecule has 5 N–H and O–H groups in total. The van der Waals surface area contributed by atoms with Crippen LogP contribution in [0.1, 0.15) is 47.3 Å². The number of nitrogens with two attached hydrogens (primary N) is 1. The summed E-state index contributed by atoms with van der Waals surface area (Å²) in [5.74, 6) is -0.581. The molecule has 0 aromatic heterocycles. The van der Waals surface area contributed by atoms with E-state index in [2.05, 4.69) is 16.0 Å². The van der Waals surface area contributed by atoms with E-state index in [0.717, 1.165) is 16.7 Å². The highest BCUT2D eigenvalue weighted by molar-refractivity contribution is 5.93. The summed E-state index contributed by atoms with van der Waals surface area (Å²) < 4.78 is 0. The van der Waals surface area contributed by atoms with Gasteiger partial charge in [0.05, 0.1) is 0 Å². The highest BCUT2D eigenvalue weighted by atomic mass is 16.2. The normalized spacial score (nSPS) is 11.6. The number of rotatable bonds is 9. The third-order valence-corrected chi connectivity index (χ3v) is 4.58. The van der Waals surface area contributed by atoms with Gasteiger partial charge in [-0.15, -0.1) is 0 Å². The summed E-state index contributed by atoms with van der Waals surface area (Å²) in [5.41, 5.74) is 8.57. The number of urea groups is 1. The van der Waals surface area contributed by atoms with Crippen LogP contribution in [0, 0.1) is 12.8 Å². The molecule has 1 unspecified atom stereocenters. The Bertz CT molecular complexity index is 878. The topological polar surface area (TPSA) is 113 Å². The molecule has 160 valence electrons. The van der Waals surface area contributed by atoms with Crippen molar-refractivity contribution in [2.45, 2.75) is 46.3 Å². The second-order valence-corrected chi connectivity index (χ2v) is 7.78. The van der Waals surface area contributed by atoms with Crippen LogP contribution in [0.3, 0.4) is 0 Å². The fourth-order valence-electron chi connectivity index (χ4n) is 2.95. The van der Waals surface area contributed by atoms with E-state index >= 15 is 0 Å². The Morgan fingerprint density at radius 1 is 0.933 bits per heavy atom. The molecule has 0 aliphatic carbocycles. The molecule has 2 aromatic carbocycles. The van der Waals surface area contributed by atoms with Gasteiger partial charge in [-0.2, -0.15) is 0 Å². The Labute approximate surface area is 177 Å². The van der Waals surface area contributed by atoms with Gasteiger partial charge in [0.1, 0.15) is 6.04 Å². The monoisotopic (exact) mass is 410 g/mol. The predicted octanol–water partition coefficient (Wildman–Crippen LogP) is 2.62. The molecule has 0 aliphatic heterocycles. The van der Waals surface area contributed by atoms with Gasteiger partial charge in [-0.1, -0.05) is 55.8 Å². The van der Waals surface area contributed by atoms with Crippen LogP contribution in [0.5, 0.6) is 0 Å². The van der Waals surface area contributed by atoms with Crippen molar-refractivity contribution >= 4 is 17.8 Å². The number of benzene rings is 2. The Morgan fingerprint density at radius 2 is 1.60 bits per heavy atom. The van der Waals surface area contributed by atoms with Gasteiger partial charge in [0.2, 0.25) is 11.8 Å². The van der Waals surface area contributed by atoms with Gasteiger partial charge in [-0.3, -0.25) is 9.59 Å². The maximum Gasteiger partial charge on any atom is 0.315 e. The van der Waals surface area contributed by atoms with E-state index in [1.807, 2.05) is 45.0 Å². The molecule has 7 heteroatoms. The average molecular weight is 411 g/mol. The number of amides is 4. The summed E-state index contributed by atoms with van der Waals surface area (Å²) in [6, 6.07) is 13.6. The smallest absolute Gasteiger partial charge is 0.315 e. The van der Waals surface area contributed by atoms with Gasteiger partial charge in [0.25, 0.3) is 0 Å². The van der Waals surface area contributed by atoms with E-state index in [4.69, 9.17) is 5.73 Å². The minimum absolute atomic E-state index is 0.219. The standard InChI is InChI=1S/C23H30N4O3/c1-15(2)11-20(27-23(30)26-13-17-9-7-16(3)8-10-17)22(29)25-14-18-5-4-6-19(12-18)21(24)28/h4-10,12,15,20H,11,13-14H2,1-3H3,(H2,24,28)(H,25,29)(H2,26,27,30). The van der Waals surface area contributed by atoms with Crippen molar-refractivity contribution in [3.8, 4) is 0 Å². The third kappa shape index (κ3) is 7.58. The highest BCUT2D eigenvalue weighted by Crippen LogP contribution is 2.08. The van der Waals surface area contributed by atoms with Gasteiger partial charge in [-0.05, 0) is 42.5 Å². The van der Waals surface area contributed by atoms with E-state index in [1.54, 1.807) is 24.3 Å². The maximum atomic E-state index is 12.7. The molecule has 0 heterocycles. The zero-order chi connectivity index (χ0) is 22.1. The van der Waals surface area contributed by atoms with Crippen LogP contribution in [-0.2, 0) is 17.9 Å². The van der Waals surface area contributed by atoms with Gasteiger partial charge >= 0.3 is 6.03 Å². The molecule has 0 fully saturated rings. The molecule has 0 aliphatic rings. The van der Waals surface area contributed by atoms with E-state index in [-0.39, 0.29) is 18.4 Å². The molecule has 1 atom stereocenters. The Morgan fingerprint density at radius 3 is 2.23 bits per heavy atom. The fraction of sp³-hybridized carbons (Fsp3) is 0.348. The Hall–Kier alpha value is -3.35. The third-order valence-electron chi connectivity index (χ3n) is 4.58. The zero-order valence-corrected chi connectivity index (χ0v) is 17.7. The molecule has 7 nitrogen and oxygen atoms in total. The lowest BCUT2D eigenvalue weighted by molar-refractivity contribution is -0.123. The number of nitrogens with one attached hydrogen (secondary N) is 3.